The average Bonchev–Trinajstić information content (AvgIpc) is 2.83. The summed E-state index contributed by atoms with van der Waals surface area (Å²) < 4.78 is 6.76. The molecule has 0 radical (unpaired) electrons. The zero-order valence-corrected chi connectivity index (χ0v) is 13.3. The summed E-state index contributed by atoms with van der Waals surface area (Å²) >= 11 is 5.02. The average molecular weight is 319 g/mol. The molecule has 116 valence electrons. The molecule has 1 aromatic heterocycles. The third-order valence-electron chi connectivity index (χ3n) is 2.99. The van der Waals surface area contributed by atoms with Crippen molar-refractivity contribution < 1.29 is 9.53 Å². The number of hydrogen-bond acceptors (Lipinski definition) is 4. The van der Waals surface area contributed by atoms with Crippen LogP contribution in [-0.2, 0) is 7.05 Å². The molecule has 0 saturated heterocycles. The summed E-state index contributed by atoms with van der Waals surface area (Å²) in [4.78, 5) is 12.4. The molecule has 0 spiro atoms. The number of para-hydroxylation sites is 2. The lowest BCUT2D eigenvalue weighted by Crippen LogP contribution is -2.49. The molecule has 7 nitrogen and oxygen atoms in total. The second kappa shape index (κ2) is 6.44. The standard InChI is InChI=1S/C14H17N5O2S/c1-9-8-11(18(2)16-9)13(20)17-19(14(15)22)10-6-4-5-7-12(10)21-3/h4-8H,1-3H3,(H2,15,22)(H,17,20). The van der Waals surface area contributed by atoms with Crippen molar-refractivity contribution >= 4 is 28.9 Å². The van der Waals surface area contributed by atoms with Gasteiger partial charge in [-0.25, -0.2) is 5.01 Å². The zero-order valence-electron chi connectivity index (χ0n) is 12.5. The number of nitrogens with zero attached hydrogens (tertiary/aromatic N) is 3. The molecule has 0 unspecified atom stereocenters. The summed E-state index contributed by atoms with van der Waals surface area (Å²) in [6.45, 7) is 1.81. The number of thiocarbonyl (C=S) groups is 1. The summed E-state index contributed by atoms with van der Waals surface area (Å²) in [5.74, 6) is 0.165. The number of carbonyl (C=O) groups excluding carboxylic acids is 1. The van der Waals surface area contributed by atoms with Crippen molar-refractivity contribution in [3.8, 4) is 5.75 Å². The van der Waals surface area contributed by atoms with E-state index in [1.165, 1.54) is 16.8 Å². The number of hydrogen-bond donors (Lipinski definition) is 2. The molecule has 1 amide bonds. The van der Waals surface area contributed by atoms with Crippen LogP contribution in [0.5, 0.6) is 5.75 Å². The molecule has 2 rings (SSSR count). The fourth-order valence-electron chi connectivity index (χ4n) is 2.03. The van der Waals surface area contributed by atoms with E-state index in [0.717, 1.165) is 5.69 Å². The number of hydrazine groups is 1. The third-order valence-corrected chi connectivity index (χ3v) is 3.18. The van der Waals surface area contributed by atoms with Crippen molar-refractivity contribution in [1.82, 2.24) is 15.2 Å². The molecule has 0 saturated carbocycles. The molecule has 0 aliphatic rings. The van der Waals surface area contributed by atoms with Gasteiger partial charge in [0.15, 0.2) is 5.11 Å². The van der Waals surface area contributed by atoms with Gasteiger partial charge in [0.1, 0.15) is 17.1 Å². The number of anilines is 1. The molecular weight excluding hydrogens is 302 g/mol. The molecule has 1 heterocycles. The Kier molecular flexibility index (Phi) is 4.62. The van der Waals surface area contributed by atoms with Crippen LogP contribution in [0.2, 0.25) is 0 Å². The van der Waals surface area contributed by atoms with Crippen molar-refractivity contribution in [2.75, 3.05) is 12.1 Å². The number of benzene rings is 1. The smallest absolute Gasteiger partial charge is 0.288 e. The van der Waals surface area contributed by atoms with E-state index >= 15 is 0 Å². The van der Waals surface area contributed by atoms with Gasteiger partial charge in [0.25, 0.3) is 5.91 Å². The van der Waals surface area contributed by atoms with Crippen LogP contribution in [0.1, 0.15) is 16.2 Å². The third kappa shape index (κ3) is 3.17. The van der Waals surface area contributed by atoms with Gasteiger partial charge in [-0.2, -0.15) is 5.10 Å². The quantitative estimate of drug-likeness (QED) is 0.652. The Morgan fingerprint density at radius 3 is 2.68 bits per heavy atom. The number of amides is 1. The van der Waals surface area contributed by atoms with E-state index in [2.05, 4.69) is 10.5 Å². The highest BCUT2D eigenvalue weighted by molar-refractivity contribution is 7.80. The summed E-state index contributed by atoms with van der Waals surface area (Å²) in [6.07, 6.45) is 0. The number of nitrogens with one attached hydrogen (secondary N) is 1. The Labute approximate surface area is 133 Å². The van der Waals surface area contributed by atoms with E-state index in [1.54, 1.807) is 31.3 Å². The van der Waals surface area contributed by atoms with Gasteiger partial charge in [0, 0.05) is 7.05 Å². The van der Waals surface area contributed by atoms with Crippen LogP contribution in [0.15, 0.2) is 30.3 Å². The molecule has 0 atom stereocenters. The van der Waals surface area contributed by atoms with Gasteiger partial charge in [0.05, 0.1) is 12.8 Å². The highest BCUT2D eigenvalue weighted by Crippen LogP contribution is 2.26. The molecule has 22 heavy (non-hydrogen) atoms. The highest BCUT2D eigenvalue weighted by atomic mass is 32.1. The van der Waals surface area contributed by atoms with Crippen LogP contribution in [0.25, 0.3) is 0 Å². The van der Waals surface area contributed by atoms with Crippen LogP contribution >= 0.6 is 12.2 Å². The Hall–Kier alpha value is -2.61. The lowest BCUT2D eigenvalue weighted by molar-refractivity contribution is 0.0945. The summed E-state index contributed by atoms with van der Waals surface area (Å²) in [7, 11) is 3.22. The van der Waals surface area contributed by atoms with Gasteiger partial charge < -0.3 is 10.5 Å². The number of methoxy groups -OCH3 is 1. The molecule has 1 aromatic carbocycles. The van der Waals surface area contributed by atoms with E-state index in [1.807, 2.05) is 13.0 Å². The maximum atomic E-state index is 12.4. The van der Waals surface area contributed by atoms with Crippen molar-refractivity contribution in [1.29, 1.82) is 0 Å². The Bertz CT molecular complexity index is 713. The summed E-state index contributed by atoms with van der Waals surface area (Å²) in [6, 6.07) is 8.78. The number of carbonyl (C=O) groups is 1. The highest BCUT2D eigenvalue weighted by Gasteiger charge is 2.20. The van der Waals surface area contributed by atoms with Gasteiger partial charge in [-0.1, -0.05) is 12.1 Å². The molecule has 8 heteroatoms. The van der Waals surface area contributed by atoms with Gasteiger partial charge in [-0.05, 0) is 37.3 Å². The summed E-state index contributed by atoms with van der Waals surface area (Å²) in [5.41, 5.74) is 10.1. The monoisotopic (exact) mass is 319 g/mol. The second-order valence-corrected chi connectivity index (χ2v) is 5.00. The minimum absolute atomic E-state index is 0.00302. The Balaban J connectivity index is 2.32. The lowest BCUT2D eigenvalue weighted by Gasteiger charge is -2.24. The molecule has 2 aromatic rings. The van der Waals surface area contributed by atoms with E-state index in [0.29, 0.717) is 17.1 Å². The first-order chi connectivity index (χ1) is 10.4. The van der Waals surface area contributed by atoms with Crippen molar-refractivity contribution in [2.45, 2.75) is 6.92 Å². The predicted molar refractivity (Wildman–Crippen MR) is 87.7 cm³/mol. The van der Waals surface area contributed by atoms with Crippen LogP contribution in [0.4, 0.5) is 5.69 Å². The SMILES string of the molecule is COc1ccccc1N(NC(=O)c1cc(C)nn1C)C(N)=S. The fraction of sp³-hybridized carbons (Fsp3) is 0.214. The molecular formula is C14H17N5O2S. The van der Waals surface area contributed by atoms with E-state index < -0.39 is 0 Å². The number of aromatic nitrogens is 2. The fourth-order valence-corrected chi connectivity index (χ4v) is 2.17. The van der Waals surface area contributed by atoms with Crippen LogP contribution in [0, 0.1) is 6.92 Å². The van der Waals surface area contributed by atoms with Crippen LogP contribution < -0.4 is 20.9 Å². The molecule has 0 bridgehead atoms. The van der Waals surface area contributed by atoms with Crippen LogP contribution in [-0.4, -0.2) is 27.9 Å². The normalized spacial score (nSPS) is 10.1. The molecule has 0 aliphatic heterocycles. The number of ether oxygens (including phenoxy) is 1. The first kappa shape index (κ1) is 15.8. The number of aryl methyl sites for hydroxylation is 2. The first-order valence-electron chi connectivity index (χ1n) is 6.48. The zero-order chi connectivity index (χ0) is 16.3. The van der Waals surface area contributed by atoms with E-state index in [-0.39, 0.29) is 11.0 Å². The maximum absolute atomic E-state index is 12.4. The number of nitrogens with two attached hydrogens (primary N) is 1. The molecule has 0 fully saturated rings. The minimum atomic E-state index is -0.373. The van der Waals surface area contributed by atoms with E-state index in [4.69, 9.17) is 22.7 Å². The van der Waals surface area contributed by atoms with Gasteiger partial charge >= 0.3 is 0 Å². The van der Waals surface area contributed by atoms with Gasteiger partial charge in [0.2, 0.25) is 0 Å². The van der Waals surface area contributed by atoms with Crippen molar-refractivity contribution in [3.05, 3.63) is 41.7 Å². The number of rotatable bonds is 3. The summed E-state index contributed by atoms with van der Waals surface area (Å²) in [5, 5.41) is 5.44. The topological polar surface area (TPSA) is 85.4 Å². The largest absolute Gasteiger partial charge is 0.494 e. The van der Waals surface area contributed by atoms with Gasteiger partial charge in [-0.3, -0.25) is 14.9 Å². The van der Waals surface area contributed by atoms with E-state index in [9.17, 15) is 4.79 Å². The first-order valence-corrected chi connectivity index (χ1v) is 6.89. The minimum Gasteiger partial charge on any atom is -0.494 e. The van der Waals surface area contributed by atoms with Crippen molar-refractivity contribution in [3.63, 3.8) is 0 Å². The molecule has 3 N–H and O–H groups in total. The molecule has 0 aliphatic carbocycles. The Morgan fingerprint density at radius 2 is 2.14 bits per heavy atom. The van der Waals surface area contributed by atoms with Crippen molar-refractivity contribution in [2.24, 2.45) is 12.8 Å². The second-order valence-electron chi connectivity index (χ2n) is 4.58. The lowest BCUT2D eigenvalue weighted by atomic mass is 10.3. The van der Waals surface area contributed by atoms with Gasteiger partial charge in [-0.15, -0.1) is 0 Å². The predicted octanol–water partition coefficient (Wildman–Crippen LogP) is 1.13. The maximum Gasteiger partial charge on any atom is 0.288 e. The Morgan fingerprint density at radius 1 is 1.45 bits per heavy atom. The van der Waals surface area contributed by atoms with Crippen LogP contribution in [0.3, 0.4) is 0 Å².